The largest absolute Gasteiger partial charge is 0.277 e. The number of aliphatic imine (C=N–C) groups is 1. The monoisotopic (exact) mass is 239 g/mol. The van der Waals surface area contributed by atoms with E-state index in [0.717, 1.165) is 11.1 Å². The molecule has 0 amide bonds. The standard InChI is InChI=1S/C13H15ClFN/c1-4-10(8-13(14)16-3)11-6-5-9(2)7-12(11)15/h5-8H,4H2,1-3H3/b10-8+,16-13+. The van der Waals surface area contributed by atoms with Crippen LogP contribution in [0.1, 0.15) is 24.5 Å². The van der Waals surface area contributed by atoms with Crippen molar-refractivity contribution in [1.82, 2.24) is 0 Å². The van der Waals surface area contributed by atoms with Crippen molar-refractivity contribution in [3.05, 3.63) is 41.2 Å². The van der Waals surface area contributed by atoms with Crippen LogP contribution in [0.4, 0.5) is 4.39 Å². The van der Waals surface area contributed by atoms with Crippen molar-refractivity contribution in [3.8, 4) is 0 Å². The molecule has 0 radical (unpaired) electrons. The Morgan fingerprint density at radius 3 is 2.69 bits per heavy atom. The van der Waals surface area contributed by atoms with Gasteiger partial charge in [0, 0.05) is 12.6 Å². The molecule has 16 heavy (non-hydrogen) atoms. The highest BCUT2D eigenvalue weighted by Crippen LogP contribution is 2.22. The number of benzene rings is 1. The minimum absolute atomic E-state index is 0.214. The third-order valence-corrected chi connectivity index (χ3v) is 2.64. The zero-order chi connectivity index (χ0) is 12.1. The van der Waals surface area contributed by atoms with Crippen LogP contribution in [0.25, 0.3) is 5.57 Å². The topological polar surface area (TPSA) is 12.4 Å². The highest BCUT2D eigenvalue weighted by Gasteiger charge is 2.07. The smallest absolute Gasteiger partial charge is 0.130 e. The van der Waals surface area contributed by atoms with Crippen molar-refractivity contribution in [2.75, 3.05) is 7.05 Å². The lowest BCUT2D eigenvalue weighted by Gasteiger charge is -2.07. The van der Waals surface area contributed by atoms with Gasteiger partial charge in [-0.1, -0.05) is 30.7 Å². The summed E-state index contributed by atoms with van der Waals surface area (Å²) in [6.07, 6.45) is 2.42. The number of halogens is 2. The van der Waals surface area contributed by atoms with Gasteiger partial charge < -0.3 is 0 Å². The first-order chi connectivity index (χ1) is 7.58. The molecule has 0 aliphatic heterocycles. The molecule has 1 aromatic carbocycles. The van der Waals surface area contributed by atoms with Gasteiger partial charge in [0.05, 0.1) is 0 Å². The van der Waals surface area contributed by atoms with Crippen molar-refractivity contribution in [2.24, 2.45) is 4.99 Å². The Morgan fingerprint density at radius 1 is 1.50 bits per heavy atom. The Labute approximate surface area is 101 Å². The van der Waals surface area contributed by atoms with Gasteiger partial charge in [0.2, 0.25) is 0 Å². The molecule has 0 unspecified atom stereocenters. The molecule has 0 aliphatic carbocycles. The van der Waals surface area contributed by atoms with E-state index in [1.807, 2.05) is 19.9 Å². The molecule has 0 saturated carbocycles. The lowest BCUT2D eigenvalue weighted by molar-refractivity contribution is 0.622. The first-order valence-corrected chi connectivity index (χ1v) is 5.55. The molecule has 0 aliphatic rings. The molecule has 86 valence electrons. The Kier molecular flexibility index (Phi) is 4.69. The normalized spacial score (nSPS) is 13.1. The van der Waals surface area contributed by atoms with E-state index in [-0.39, 0.29) is 5.82 Å². The van der Waals surface area contributed by atoms with Gasteiger partial charge in [0.25, 0.3) is 0 Å². The van der Waals surface area contributed by atoms with Crippen molar-refractivity contribution in [2.45, 2.75) is 20.3 Å². The number of hydrogen-bond donors (Lipinski definition) is 0. The van der Waals surface area contributed by atoms with Gasteiger partial charge in [-0.3, -0.25) is 4.99 Å². The molecule has 1 aromatic rings. The van der Waals surface area contributed by atoms with E-state index in [9.17, 15) is 4.39 Å². The van der Waals surface area contributed by atoms with Crippen LogP contribution in [0.2, 0.25) is 0 Å². The van der Waals surface area contributed by atoms with Crippen LogP contribution in [0.3, 0.4) is 0 Å². The third-order valence-electron chi connectivity index (χ3n) is 2.36. The molecule has 0 aromatic heterocycles. The van der Waals surface area contributed by atoms with E-state index in [0.29, 0.717) is 17.2 Å². The predicted octanol–water partition coefficient (Wildman–Crippen LogP) is 4.19. The van der Waals surface area contributed by atoms with Gasteiger partial charge in [-0.25, -0.2) is 4.39 Å². The van der Waals surface area contributed by atoms with Crippen molar-refractivity contribution >= 4 is 22.3 Å². The van der Waals surface area contributed by atoms with E-state index in [1.165, 1.54) is 6.07 Å². The SMILES string of the molecule is CC/C(=C\C(Cl)=N/C)c1ccc(C)cc1F. The average molecular weight is 240 g/mol. The molecule has 1 nitrogen and oxygen atoms in total. The maximum atomic E-state index is 13.7. The molecule has 0 heterocycles. The third kappa shape index (κ3) is 3.17. The summed E-state index contributed by atoms with van der Waals surface area (Å²) in [7, 11) is 1.61. The predicted molar refractivity (Wildman–Crippen MR) is 68.6 cm³/mol. The quantitative estimate of drug-likeness (QED) is 0.702. The summed E-state index contributed by atoms with van der Waals surface area (Å²) in [6, 6.07) is 5.19. The summed E-state index contributed by atoms with van der Waals surface area (Å²) in [4.78, 5) is 3.83. The van der Waals surface area contributed by atoms with E-state index >= 15 is 0 Å². The zero-order valence-electron chi connectivity index (χ0n) is 9.72. The van der Waals surface area contributed by atoms with Crippen molar-refractivity contribution in [1.29, 1.82) is 0 Å². The second kappa shape index (κ2) is 5.80. The number of aryl methyl sites for hydroxylation is 1. The van der Waals surface area contributed by atoms with Gasteiger partial charge in [0.15, 0.2) is 0 Å². The van der Waals surface area contributed by atoms with Crippen LogP contribution >= 0.6 is 11.6 Å². The fourth-order valence-electron chi connectivity index (χ4n) is 1.46. The Bertz CT molecular complexity index is 436. The summed E-state index contributed by atoms with van der Waals surface area (Å²) in [5.74, 6) is -0.214. The zero-order valence-corrected chi connectivity index (χ0v) is 10.5. The number of hydrogen-bond acceptors (Lipinski definition) is 1. The van der Waals surface area contributed by atoms with Crippen LogP contribution in [-0.2, 0) is 0 Å². The van der Waals surface area contributed by atoms with Gasteiger partial charge in [-0.2, -0.15) is 0 Å². The van der Waals surface area contributed by atoms with Crippen LogP contribution in [-0.4, -0.2) is 12.2 Å². The lowest BCUT2D eigenvalue weighted by atomic mass is 10.0. The molecule has 1 rings (SSSR count). The maximum absolute atomic E-state index is 13.7. The second-order valence-electron chi connectivity index (χ2n) is 3.55. The van der Waals surface area contributed by atoms with Crippen molar-refractivity contribution in [3.63, 3.8) is 0 Å². The van der Waals surface area contributed by atoms with Crippen LogP contribution in [0.15, 0.2) is 29.3 Å². The minimum atomic E-state index is -0.214. The Hall–Kier alpha value is -1.15. The fourth-order valence-corrected chi connectivity index (χ4v) is 1.59. The first kappa shape index (κ1) is 12.9. The molecule has 3 heteroatoms. The highest BCUT2D eigenvalue weighted by atomic mass is 35.5. The van der Waals surface area contributed by atoms with Crippen LogP contribution in [0.5, 0.6) is 0 Å². The fraction of sp³-hybridized carbons (Fsp3) is 0.308. The van der Waals surface area contributed by atoms with E-state index in [1.54, 1.807) is 19.2 Å². The van der Waals surface area contributed by atoms with Crippen LogP contribution < -0.4 is 0 Å². The minimum Gasteiger partial charge on any atom is -0.277 e. The summed E-state index contributed by atoms with van der Waals surface area (Å²) < 4.78 is 13.7. The van der Waals surface area contributed by atoms with Gasteiger partial charge in [-0.15, -0.1) is 0 Å². The molecule has 0 bridgehead atoms. The van der Waals surface area contributed by atoms with Crippen molar-refractivity contribution < 1.29 is 4.39 Å². The first-order valence-electron chi connectivity index (χ1n) is 5.17. The van der Waals surface area contributed by atoms with E-state index in [4.69, 9.17) is 11.6 Å². The molecule has 0 fully saturated rings. The summed E-state index contributed by atoms with van der Waals surface area (Å²) in [5, 5.41) is 0.386. The summed E-state index contributed by atoms with van der Waals surface area (Å²) >= 11 is 5.82. The Balaban J connectivity index is 3.19. The van der Waals surface area contributed by atoms with Crippen LogP contribution in [0, 0.1) is 12.7 Å². The number of rotatable bonds is 3. The second-order valence-corrected chi connectivity index (χ2v) is 3.94. The van der Waals surface area contributed by atoms with Gasteiger partial charge in [-0.05, 0) is 36.6 Å². The molecular weight excluding hydrogens is 225 g/mol. The molecule has 0 N–H and O–H groups in total. The summed E-state index contributed by atoms with van der Waals surface area (Å²) in [6.45, 7) is 3.83. The molecule has 0 atom stereocenters. The van der Waals surface area contributed by atoms with E-state index in [2.05, 4.69) is 4.99 Å². The summed E-state index contributed by atoms with van der Waals surface area (Å²) in [5.41, 5.74) is 2.36. The lowest BCUT2D eigenvalue weighted by Crippen LogP contribution is -1.92. The van der Waals surface area contributed by atoms with E-state index < -0.39 is 0 Å². The van der Waals surface area contributed by atoms with Gasteiger partial charge in [0.1, 0.15) is 11.0 Å². The Morgan fingerprint density at radius 2 is 2.19 bits per heavy atom. The highest BCUT2D eigenvalue weighted by molar-refractivity contribution is 6.68. The van der Waals surface area contributed by atoms with Gasteiger partial charge >= 0.3 is 0 Å². The number of allylic oxidation sites excluding steroid dienone is 2. The number of nitrogens with zero attached hydrogens (tertiary/aromatic N) is 1. The molecular formula is C13H15ClFN. The average Bonchev–Trinajstić information content (AvgIpc) is 2.26. The molecule has 0 saturated heterocycles. The molecule has 0 spiro atoms. The maximum Gasteiger partial charge on any atom is 0.130 e.